The van der Waals surface area contributed by atoms with E-state index in [0.717, 1.165) is 11.3 Å². The van der Waals surface area contributed by atoms with Gasteiger partial charge in [-0.3, -0.25) is 4.79 Å². The minimum absolute atomic E-state index is 0.118. The second kappa shape index (κ2) is 4.76. The van der Waals surface area contributed by atoms with Crippen molar-refractivity contribution >= 4 is 17.4 Å². The van der Waals surface area contributed by atoms with E-state index in [1.54, 1.807) is 13.0 Å². The van der Waals surface area contributed by atoms with E-state index in [1.165, 1.54) is 0 Å². The number of furan rings is 1. The number of aryl methyl sites for hydroxylation is 2. The Morgan fingerprint density at radius 3 is 2.41 bits per heavy atom. The number of alkyl halides is 1. The van der Waals surface area contributed by atoms with E-state index in [0.29, 0.717) is 11.3 Å². The minimum Gasteiger partial charge on any atom is -0.466 e. The van der Waals surface area contributed by atoms with Gasteiger partial charge in [-0.1, -0.05) is 30.3 Å². The van der Waals surface area contributed by atoms with Crippen LogP contribution in [0.1, 0.15) is 32.8 Å². The van der Waals surface area contributed by atoms with E-state index in [9.17, 15) is 4.79 Å². The van der Waals surface area contributed by atoms with Crippen molar-refractivity contribution in [3.05, 3.63) is 59.0 Å². The Kier molecular flexibility index (Phi) is 3.34. The molecule has 0 amide bonds. The van der Waals surface area contributed by atoms with Crippen LogP contribution in [0.15, 0.2) is 40.8 Å². The number of hydrogen-bond donors (Lipinski definition) is 0. The molecule has 3 heteroatoms. The smallest absolute Gasteiger partial charge is 0.188 e. The van der Waals surface area contributed by atoms with Gasteiger partial charge in [-0.2, -0.15) is 0 Å². The number of ketones is 1. The maximum absolute atomic E-state index is 12.2. The van der Waals surface area contributed by atoms with Crippen molar-refractivity contribution in [2.75, 3.05) is 0 Å². The molecule has 0 saturated heterocycles. The van der Waals surface area contributed by atoms with Gasteiger partial charge in [0.2, 0.25) is 0 Å². The molecule has 88 valence electrons. The van der Waals surface area contributed by atoms with Gasteiger partial charge in [0.25, 0.3) is 0 Å². The number of hydrogen-bond acceptors (Lipinski definition) is 2. The number of Topliss-reactive ketones (excluding diaryl/α,β-unsaturated/α-hetero) is 1. The van der Waals surface area contributed by atoms with Crippen LogP contribution >= 0.6 is 11.6 Å². The van der Waals surface area contributed by atoms with Crippen molar-refractivity contribution in [2.24, 2.45) is 0 Å². The van der Waals surface area contributed by atoms with E-state index >= 15 is 0 Å². The lowest BCUT2D eigenvalue weighted by Gasteiger charge is -2.07. The van der Waals surface area contributed by atoms with Crippen LogP contribution in [0.25, 0.3) is 0 Å². The fourth-order valence-electron chi connectivity index (χ4n) is 1.79. The molecule has 17 heavy (non-hydrogen) atoms. The van der Waals surface area contributed by atoms with Crippen LogP contribution in [0.4, 0.5) is 0 Å². The topological polar surface area (TPSA) is 30.2 Å². The van der Waals surface area contributed by atoms with Crippen molar-refractivity contribution < 1.29 is 9.21 Å². The molecular formula is C14H13ClO2. The molecule has 2 nitrogen and oxygen atoms in total. The first-order chi connectivity index (χ1) is 8.09. The summed E-state index contributed by atoms with van der Waals surface area (Å²) in [6, 6.07) is 11.0. The van der Waals surface area contributed by atoms with Gasteiger partial charge >= 0.3 is 0 Å². The van der Waals surface area contributed by atoms with Crippen molar-refractivity contribution in [3.8, 4) is 0 Å². The summed E-state index contributed by atoms with van der Waals surface area (Å²) in [4.78, 5) is 12.2. The summed E-state index contributed by atoms with van der Waals surface area (Å²) >= 11 is 6.18. The molecule has 0 aliphatic heterocycles. The third-order valence-electron chi connectivity index (χ3n) is 2.63. The third kappa shape index (κ3) is 2.42. The zero-order valence-corrected chi connectivity index (χ0v) is 10.5. The SMILES string of the molecule is Cc1cc(C(=O)C(Cl)c2ccccc2)c(C)o1. The van der Waals surface area contributed by atoms with Crippen molar-refractivity contribution in [1.29, 1.82) is 0 Å². The lowest BCUT2D eigenvalue weighted by Crippen LogP contribution is -2.07. The molecule has 0 spiro atoms. The molecule has 1 unspecified atom stereocenters. The molecular weight excluding hydrogens is 236 g/mol. The zero-order chi connectivity index (χ0) is 12.4. The average Bonchev–Trinajstić information content (AvgIpc) is 2.68. The van der Waals surface area contributed by atoms with Crippen molar-refractivity contribution in [3.63, 3.8) is 0 Å². The third-order valence-corrected chi connectivity index (χ3v) is 3.08. The lowest BCUT2D eigenvalue weighted by molar-refractivity contribution is 0.0985. The summed E-state index contributed by atoms with van der Waals surface area (Å²) in [6.07, 6.45) is 0. The van der Waals surface area contributed by atoms with Crippen LogP contribution in [-0.4, -0.2) is 5.78 Å². The summed E-state index contributed by atoms with van der Waals surface area (Å²) in [5.74, 6) is 1.23. The molecule has 1 aromatic heterocycles. The zero-order valence-electron chi connectivity index (χ0n) is 9.74. The van der Waals surface area contributed by atoms with Crippen LogP contribution in [0, 0.1) is 13.8 Å². The fraction of sp³-hybridized carbons (Fsp3) is 0.214. The Morgan fingerprint density at radius 2 is 1.88 bits per heavy atom. The summed E-state index contributed by atoms with van der Waals surface area (Å²) in [7, 11) is 0. The van der Waals surface area contributed by atoms with Gasteiger partial charge in [-0.25, -0.2) is 0 Å². The highest BCUT2D eigenvalue weighted by Crippen LogP contribution is 2.27. The largest absolute Gasteiger partial charge is 0.466 e. The Labute approximate surface area is 105 Å². The second-order valence-electron chi connectivity index (χ2n) is 3.96. The van der Waals surface area contributed by atoms with E-state index in [-0.39, 0.29) is 5.78 Å². The first kappa shape index (κ1) is 11.9. The molecule has 0 saturated carbocycles. The van der Waals surface area contributed by atoms with E-state index in [1.807, 2.05) is 37.3 Å². The summed E-state index contributed by atoms with van der Waals surface area (Å²) in [6.45, 7) is 3.59. The molecule has 0 bridgehead atoms. The Bertz CT molecular complexity index is 528. The van der Waals surface area contributed by atoms with Gasteiger partial charge in [-0.05, 0) is 25.5 Å². The van der Waals surface area contributed by atoms with Gasteiger partial charge in [0.1, 0.15) is 16.9 Å². The average molecular weight is 249 g/mol. The summed E-state index contributed by atoms with van der Waals surface area (Å²) < 4.78 is 5.34. The first-order valence-corrected chi connectivity index (χ1v) is 5.83. The number of halogens is 1. The van der Waals surface area contributed by atoms with Gasteiger partial charge in [0.15, 0.2) is 5.78 Å². The molecule has 0 fully saturated rings. The van der Waals surface area contributed by atoms with Crippen molar-refractivity contribution in [1.82, 2.24) is 0 Å². The summed E-state index contributed by atoms with van der Waals surface area (Å²) in [5, 5.41) is -0.660. The van der Waals surface area contributed by atoms with Crippen LogP contribution in [0.2, 0.25) is 0 Å². The quantitative estimate of drug-likeness (QED) is 0.606. The Balaban J connectivity index is 2.30. The van der Waals surface area contributed by atoms with Crippen LogP contribution in [0.3, 0.4) is 0 Å². The Morgan fingerprint density at radius 1 is 1.24 bits per heavy atom. The maximum Gasteiger partial charge on any atom is 0.188 e. The van der Waals surface area contributed by atoms with E-state index in [4.69, 9.17) is 16.0 Å². The van der Waals surface area contributed by atoms with Crippen LogP contribution in [-0.2, 0) is 0 Å². The van der Waals surface area contributed by atoms with Gasteiger partial charge in [0, 0.05) is 0 Å². The minimum atomic E-state index is -0.660. The number of rotatable bonds is 3. The highest BCUT2D eigenvalue weighted by Gasteiger charge is 2.22. The van der Waals surface area contributed by atoms with Gasteiger partial charge in [-0.15, -0.1) is 11.6 Å². The second-order valence-corrected chi connectivity index (χ2v) is 4.40. The first-order valence-electron chi connectivity index (χ1n) is 5.40. The number of carbonyl (C=O) groups excluding carboxylic acids is 1. The molecule has 2 aromatic rings. The highest BCUT2D eigenvalue weighted by atomic mass is 35.5. The Hall–Kier alpha value is -1.54. The maximum atomic E-state index is 12.2. The van der Waals surface area contributed by atoms with Gasteiger partial charge < -0.3 is 4.42 Å². The molecule has 2 rings (SSSR count). The number of benzene rings is 1. The van der Waals surface area contributed by atoms with E-state index < -0.39 is 5.38 Å². The van der Waals surface area contributed by atoms with E-state index in [2.05, 4.69) is 0 Å². The predicted molar refractivity (Wildman–Crippen MR) is 67.5 cm³/mol. The lowest BCUT2D eigenvalue weighted by atomic mass is 10.0. The molecule has 0 N–H and O–H groups in total. The molecule has 0 radical (unpaired) electrons. The predicted octanol–water partition coefficient (Wildman–Crippen LogP) is 4.06. The standard InChI is InChI=1S/C14H13ClO2/c1-9-8-12(10(2)17-9)14(16)13(15)11-6-4-3-5-7-11/h3-8,13H,1-2H3. The number of carbonyl (C=O) groups is 1. The monoisotopic (exact) mass is 248 g/mol. The molecule has 0 aliphatic carbocycles. The molecule has 1 aromatic carbocycles. The fourth-order valence-corrected chi connectivity index (χ4v) is 2.05. The summed E-state index contributed by atoms with van der Waals surface area (Å²) in [5.41, 5.74) is 1.36. The van der Waals surface area contributed by atoms with Crippen LogP contribution < -0.4 is 0 Å². The van der Waals surface area contributed by atoms with Crippen molar-refractivity contribution in [2.45, 2.75) is 19.2 Å². The van der Waals surface area contributed by atoms with Crippen LogP contribution in [0.5, 0.6) is 0 Å². The van der Waals surface area contributed by atoms with Gasteiger partial charge in [0.05, 0.1) is 5.56 Å². The molecule has 0 aliphatic rings. The highest BCUT2D eigenvalue weighted by molar-refractivity contribution is 6.34. The molecule has 1 heterocycles. The molecule has 1 atom stereocenters. The normalized spacial score (nSPS) is 12.4.